The van der Waals surface area contributed by atoms with Gasteiger partial charge in [-0.05, 0) is 221 Å². The SMILES string of the molecule is CC(C)C1(C(C)C)c2ccccc2-c2c1ccc1oc3ccc(-c4nc(-c5ccc6ccccc6c5)nc5oc6ccccc6c45)cc3c21.CC1(c2ccccc2)c2cc3oc4ccccc4c3cc2-c2cccc(-c3nc(-c4cc5ccccc5c5ccccc45)nc4sc5ccccc5c34)c21.CC1(c2ccccc2)c2ccccc2-c2ccc3c(oc4cc(-c5nc(-c6ccccc6)c6c(n5)oc5ccccc56)ccc43)c21. The van der Waals surface area contributed by atoms with Crippen molar-refractivity contribution in [1.29, 1.82) is 0 Å². The Kier molecular flexibility index (Phi) is 19.0. The number of para-hydroxylation sites is 3. The van der Waals surface area contributed by atoms with Crippen molar-refractivity contribution in [2.75, 3.05) is 0 Å². The van der Waals surface area contributed by atoms with Crippen molar-refractivity contribution >= 4 is 174 Å². The molecule has 3 aliphatic carbocycles. The summed E-state index contributed by atoms with van der Waals surface area (Å²) in [5.41, 5.74) is 33.6. The van der Waals surface area contributed by atoms with Crippen LogP contribution in [0.2, 0.25) is 0 Å². The third kappa shape index (κ3) is 12.7. The molecule has 149 heavy (non-hydrogen) atoms. The van der Waals surface area contributed by atoms with Gasteiger partial charge in [0.2, 0.25) is 11.4 Å². The molecule has 0 spiro atoms. The second kappa shape index (κ2) is 32.8. The lowest BCUT2D eigenvalue weighted by molar-refractivity contribution is 0.280. The number of thiophene rings is 1. The van der Waals surface area contributed by atoms with Gasteiger partial charge >= 0.3 is 0 Å². The zero-order chi connectivity index (χ0) is 99.0. The van der Waals surface area contributed by atoms with Crippen LogP contribution in [0.3, 0.4) is 0 Å². The fraction of sp³-hybridized carbons (Fsp3) is 0.0803. The van der Waals surface area contributed by atoms with Crippen LogP contribution in [0, 0.1) is 11.8 Å². The van der Waals surface area contributed by atoms with E-state index in [-0.39, 0.29) is 10.8 Å². The van der Waals surface area contributed by atoms with Crippen molar-refractivity contribution in [3.05, 3.63) is 469 Å². The first-order valence-electron chi connectivity index (χ1n) is 51.2. The summed E-state index contributed by atoms with van der Waals surface area (Å²) in [6.45, 7) is 14.2. The summed E-state index contributed by atoms with van der Waals surface area (Å²) in [6.07, 6.45) is 0. The Hall–Kier alpha value is -18.4. The molecule has 2 unspecified atom stereocenters. The third-order valence-electron chi connectivity index (χ3n) is 32.6. The molecule has 29 aromatic rings. The summed E-state index contributed by atoms with van der Waals surface area (Å²) in [7, 11) is 0. The van der Waals surface area contributed by atoms with Crippen molar-refractivity contribution in [3.63, 3.8) is 0 Å². The van der Waals surface area contributed by atoms with Gasteiger partial charge in [-0.15, -0.1) is 11.3 Å². The fourth-order valence-corrected chi connectivity index (χ4v) is 27.0. The van der Waals surface area contributed by atoms with E-state index in [0.29, 0.717) is 34.9 Å². The summed E-state index contributed by atoms with van der Waals surface area (Å²) in [5, 5.41) is 19.9. The molecule has 0 aliphatic heterocycles. The van der Waals surface area contributed by atoms with Gasteiger partial charge in [-0.3, -0.25) is 0 Å². The van der Waals surface area contributed by atoms with Gasteiger partial charge in [-0.1, -0.05) is 361 Å². The van der Waals surface area contributed by atoms with Crippen LogP contribution in [0.5, 0.6) is 0 Å². The lowest BCUT2D eigenvalue weighted by Gasteiger charge is -2.40. The van der Waals surface area contributed by atoms with E-state index in [4.69, 9.17) is 52.0 Å². The Morgan fingerprint density at radius 1 is 0.235 bits per heavy atom. The van der Waals surface area contributed by atoms with Crippen molar-refractivity contribution in [1.82, 2.24) is 29.9 Å². The highest BCUT2D eigenvalue weighted by molar-refractivity contribution is 7.25. The molecule has 12 heteroatoms. The molecule has 0 fully saturated rings. The standard InChI is InChI=1S/C50H30N2OS.C45H34N2O2.C42H26N2O2/c1-50(30-15-3-2-4-16-30)41-28-43-39(34-20-9-11-24-42(34)53-43)27-38(41)35-22-13-23-37(46(35)50)47-45-36-21-10-12-25-44(36)54-49(45)52-48(51-47)40-26-29-14-5-6-17-31(29)32-18-7-8-19-33(32)40;1-25(2)45(26(3)4)34-15-9-7-13-31(34)39-35(45)20-22-38-40(39)33-24-29(19-21-37(33)48-38)42-41-32-14-8-10-16-36(32)49-44(41)47-43(46-42)30-18-17-27-11-5-6-12-28(27)23-30;1-42(27-14-6-3-7-15-27)33-18-10-8-16-28(33)30-22-23-31-29-21-20-26(24-35(29)45-39(31)37(30)42)40-43-38(25-12-4-2-5-13-25)36-32-17-9-11-19-34(32)46-41(36)44-40/h2-28H,1H3;5-26H,1-4H3;2-24H,1H3. The summed E-state index contributed by atoms with van der Waals surface area (Å²) in [4.78, 5) is 32.5. The van der Waals surface area contributed by atoms with Crippen LogP contribution >= 0.6 is 11.3 Å². The van der Waals surface area contributed by atoms with E-state index in [2.05, 4.69) is 406 Å². The highest BCUT2D eigenvalue weighted by Gasteiger charge is 2.50. The van der Waals surface area contributed by atoms with Gasteiger partial charge in [0.1, 0.15) is 49.5 Å². The molecular weight excluding hydrogens is 1840 g/mol. The highest BCUT2D eigenvalue weighted by atomic mass is 32.1. The third-order valence-corrected chi connectivity index (χ3v) is 33.7. The van der Waals surface area contributed by atoms with E-state index in [1.807, 2.05) is 60.7 Å². The molecule has 0 N–H and O–H groups in total. The minimum atomic E-state index is -0.491. The van der Waals surface area contributed by atoms with E-state index in [1.165, 1.54) is 115 Å². The quantitative estimate of drug-likeness (QED) is 0.121. The molecule has 9 heterocycles. The van der Waals surface area contributed by atoms with Crippen LogP contribution < -0.4 is 0 Å². The van der Waals surface area contributed by atoms with E-state index in [0.717, 1.165) is 170 Å². The normalized spacial score (nSPS) is 14.9. The molecule has 0 amide bonds. The van der Waals surface area contributed by atoms with Crippen molar-refractivity contribution < 1.29 is 22.1 Å². The summed E-state index contributed by atoms with van der Waals surface area (Å²) < 4.78 is 33.9. The maximum absolute atomic E-state index is 6.88. The largest absolute Gasteiger partial charge is 0.456 e. The number of nitrogens with zero attached hydrogens (tertiary/aromatic N) is 6. The number of rotatable bonds is 10. The number of furan rings is 5. The Bertz CT molecular complexity index is 10700. The van der Waals surface area contributed by atoms with Crippen LogP contribution in [0.1, 0.15) is 86.1 Å². The zero-order valence-electron chi connectivity index (χ0n) is 82.2. The highest BCUT2D eigenvalue weighted by Crippen LogP contribution is 2.63. The van der Waals surface area contributed by atoms with Crippen LogP contribution in [0.4, 0.5) is 0 Å². The smallest absolute Gasteiger partial charge is 0.231 e. The van der Waals surface area contributed by atoms with E-state index in [1.54, 1.807) is 11.3 Å². The number of hydrogen-bond acceptors (Lipinski definition) is 12. The minimum absolute atomic E-state index is 0.0927. The first-order valence-corrected chi connectivity index (χ1v) is 52.0. The molecule has 2 atom stereocenters. The second-order valence-corrected chi connectivity index (χ2v) is 42.0. The predicted octanol–water partition coefficient (Wildman–Crippen LogP) is 37.0. The molecule has 0 radical (unpaired) electrons. The summed E-state index contributed by atoms with van der Waals surface area (Å²) in [6, 6.07) is 150. The lowest BCUT2D eigenvalue weighted by atomic mass is 9.63. The van der Waals surface area contributed by atoms with Crippen LogP contribution in [0.25, 0.3) is 264 Å². The van der Waals surface area contributed by atoms with Gasteiger partial charge in [0, 0.05) is 114 Å². The molecule has 11 nitrogen and oxygen atoms in total. The predicted molar refractivity (Wildman–Crippen MR) is 611 cm³/mol. The molecule has 0 saturated heterocycles. The lowest BCUT2D eigenvalue weighted by Crippen LogP contribution is -2.37. The van der Waals surface area contributed by atoms with Gasteiger partial charge < -0.3 is 22.1 Å². The maximum atomic E-state index is 6.88. The van der Waals surface area contributed by atoms with Gasteiger partial charge in [0.05, 0.1) is 27.9 Å². The minimum Gasteiger partial charge on any atom is -0.456 e. The molecular formula is C137H90N6O5S. The van der Waals surface area contributed by atoms with Gasteiger partial charge in [0.25, 0.3) is 0 Å². The maximum Gasteiger partial charge on any atom is 0.231 e. The Balaban J connectivity index is 0.000000103. The number of benzene rings is 20. The molecule has 9 aromatic heterocycles. The molecule has 3 aliphatic rings. The Morgan fingerprint density at radius 2 is 0.745 bits per heavy atom. The summed E-state index contributed by atoms with van der Waals surface area (Å²) >= 11 is 1.75. The number of fused-ring (bicyclic) bond motifs is 33. The zero-order valence-corrected chi connectivity index (χ0v) is 83.0. The first-order chi connectivity index (χ1) is 73.3. The van der Waals surface area contributed by atoms with Gasteiger partial charge in [0.15, 0.2) is 17.5 Å². The van der Waals surface area contributed by atoms with Gasteiger partial charge in [-0.2, -0.15) is 9.97 Å². The topological polar surface area (TPSA) is 143 Å². The van der Waals surface area contributed by atoms with Crippen LogP contribution in [0.15, 0.2) is 447 Å². The molecule has 704 valence electrons. The fourth-order valence-electron chi connectivity index (χ4n) is 26.0. The van der Waals surface area contributed by atoms with E-state index >= 15 is 0 Å². The van der Waals surface area contributed by atoms with Crippen molar-refractivity contribution in [2.24, 2.45) is 11.8 Å². The Morgan fingerprint density at radius 3 is 1.46 bits per heavy atom. The van der Waals surface area contributed by atoms with Crippen LogP contribution in [-0.4, -0.2) is 29.9 Å². The average molecular weight is 1930 g/mol. The van der Waals surface area contributed by atoms with Crippen molar-refractivity contribution in [2.45, 2.75) is 57.8 Å². The molecule has 0 bridgehead atoms. The molecule has 20 aromatic carbocycles. The van der Waals surface area contributed by atoms with Crippen LogP contribution in [-0.2, 0) is 16.2 Å². The monoisotopic (exact) mass is 1930 g/mol. The molecule has 32 rings (SSSR count). The average Bonchev–Trinajstić information content (AvgIpc) is 1.54. The number of aromatic nitrogens is 6. The van der Waals surface area contributed by atoms with E-state index in [9.17, 15) is 0 Å². The van der Waals surface area contributed by atoms with E-state index < -0.39 is 5.41 Å². The van der Waals surface area contributed by atoms with Crippen molar-refractivity contribution in [3.8, 4) is 101 Å². The Labute approximate surface area is 859 Å². The number of hydrogen-bond donors (Lipinski definition) is 0. The van der Waals surface area contributed by atoms with Gasteiger partial charge in [-0.25, -0.2) is 19.9 Å². The second-order valence-electron chi connectivity index (χ2n) is 41.0. The molecule has 0 saturated carbocycles. The summed E-state index contributed by atoms with van der Waals surface area (Å²) in [5.74, 6) is 2.80. The first kappa shape index (κ1) is 86.2.